The van der Waals surface area contributed by atoms with Gasteiger partial charge in [0.25, 0.3) is 5.91 Å². The van der Waals surface area contributed by atoms with Crippen molar-refractivity contribution in [3.63, 3.8) is 0 Å². The summed E-state index contributed by atoms with van der Waals surface area (Å²) in [6.45, 7) is -0.269. The van der Waals surface area contributed by atoms with Gasteiger partial charge in [0, 0.05) is 44.2 Å². The number of carbonyl (C=O) groups excluding carboxylic acids is 4. The second kappa shape index (κ2) is 13.2. The summed E-state index contributed by atoms with van der Waals surface area (Å²) in [5.74, 6) is -2.95. The van der Waals surface area contributed by atoms with Crippen molar-refractivity contribution in [2.24, 2.45) is 0 Å². The van der Waals surface area contributed by atoms with E-state index < -0.39 is 53.9 Å². The zero-order valence-electron chi connectivity index (χ0n) is 22.1. The summed E-state index contributed by atoms with van der Waals surface area (Å²) in [4.78, 5) is 57.2. The van der Waals surface area contributed by atoms with Crippen LogP contribution in [-0.2, 0) is 44.7 Å². The fourth-order valence-corrected chi connectivity index (χ4v) is 4.75. The molecule has 1 fully saturated rings. The number of alkyl halides is 3. The first-order chi connectivity index (χ1) is 19.6. The third-order valence-electron chi connectivity index (χ3n) is 6.83. The van der Waals surface area contributed by atoms with Crippen molar-refractivity contribution in [3.8, 4) is 0 Å². The molecule has 41 heavy (non-hydrogen) atoms. The average Bonchev–Trinajstić information content (AvgIpc) is 3.32. The molecule has 214 valence electrons. The molecule has 0 aliphatic carbocycles. The van der Waals surface area contributed by atoms with Crippen molar-refractivity contribution < 1.29 is 32.3 Å². The van der Waals surface area contributed by atoms with Crippen LogP contribution < -0.4 is 10.6 Å². The van der Waals surface area contributed by atoms with E-state index in [-0.39, 0.29) is 31.4 Å². The zero-order valence-corrected chi connectivity index (χ0v) is 22.1. The van der Waals surface area contributed by atoms with Crippen LogP contribution in [0.4, 0.5) is 13.2 Å². The highest BCUT2D eigenvalue weighted by molar-refractivity contribution is 6.38. The SMILES string of the molecule is O=C(NCCc1ccccn1)C(=O)C(Cc1ccccc1)NC(=O)C1CCC(=O)N1Cc1ccccc1C(F)(F)F. The van der Waals surface area contributed by atoms with E-state index in [1.54, 1.807) is 54.7 Å². The maximum atomic E-state index is 13.5. The summed E-state index contributed by atoms with van der Waals surface area (Å²) in [5, 5.41) is 5.16. The maximum Gasteiger partial charge on any atom is 0.416 e. The Hall–Kier alpha value is -4.54. The summed E-state index contributed by atoms with van der Waals surface area (Å²) < 4.78 is 40.6. The van der Waals surface area contributed by atoms with Gasteiger partial charge in [-0.2, -0.15) is 13.2 Å². The van der Waals surface area contributed by atoms with Crippen molar-refractivity contribution in [3.05, 3.63) is 101 Å². The van der Waals surface area contributed by atoms with Crippen molar-refractivity contribution in [1.29, 1.82) is 0 Å². The average molecular weight is 567 g/mol. The highest BCUT2D eigenvalue weighted by Gasteiger charge is 2.40. The lowest BCUT2D eigenvalue weighted by molar-refractivity contribution is -0.142. The topological polar surface area (TPSA) is 108 Å². The number of rotatable bonds is 11. The van der Waals surface area contributed by atoms with Gasteiger partial charge in [-0.3, -0.25) is 24.2 Å². The van der Waals surface area contributed by atoms with E-state index >= 15 is 0 Å². The van der Waals surface area contributed by atoms with E-state index in [0.717, 1.165) is 16.7 Å². The van der Waals surface area contributed by atoms with Gasteiger partial charge in [-0.05, 0) is 35.7 Å². The van der Waals surface area contributed by atoms with Gasteiger partial charge in [-0.1, -0.05) is 54.6 Å². The Bertz CT molecular complexity index is 1380. The van der Waals surface area contributed by atoms with Crippen LogP contribution in [-0.4, -0.2) is 52.0 Å². The number of ketones is 1. The summed E-state index contributed by atoms with van der Waals surface area (Å²) in [5.41, 5.74) is 0.383. The molecule has 3 aromatic rings. The van der Waals surface area contributed by atoms with Crippen LogP contribution in [0, 0.1) is 0 Å². The van der Waals surface area contributed by atoms with E-state index in [1.807, 2.05) is 0 Å². The number of likely N-dealkylation sites (tertiary alicyclic amines) is 1. The highest BCUT2D eigenvalue weighted by Crippen LogP contribution is 2.33. The van der Waals surface area contributed by atoms with E-state index in [9.17, 15) is 32.3 Å². The molecular formula is C30H29F3N4O4. The van der Waals surface area contributed by atoms with Crippen LogP contribution in [0.15, 0.2) is 79.0 Å². The van der Waals surface area contributed by atoms with Crippen LogP contribution in [0.3, 0.4) is 0 Å². The maximum absolute atomic E-state index is 13.5. The number of hydrogen-bond acceptors (Lipinski definition) is 5. The second-order valence-corrected chi connectivity index (χ2v) is 9.67. The number of amides is 3. The first-order valence-corrected chi connectivity index (χ1v) is 13.1. The number of pyridine rings is 1. The van der Waals surface area contributed by atoms with Gasteiger partial charge in [-0.15, -0.1) is 0 Å². The molecule has 1 aliphatic rings. The number of halogens is 3. The quantitative estimate of drug-likeness (QED) is 0.347. The highest BCUT2D eigenvalue weighted by atomic mass is 19.4. The zero-order chi connectivity index (χ0) is 29.4. The minimum atomic E-state index is -4.63. The van der Waals surface area contributed by atoms with E-state index in [0.29, 0.717) is 12.0 Å². The van der Waals surface area contributed by atoms with Gasteiger partial charge in [0.05, 0.1) is 5.56 Å². The number of hydrogen-bond donors (Lipinski definition) is 2. The minimum absolute atomic E-state index is 0.0106. The number of Topliss-reactive ketones (excluding diaryl/α,β-unsaturated/α-hetero) is 1. The minimum Gasteiger partial charge on any atom is -0.349 e. The van der Waals surface area contributed by atoms with E-state index in [1.165, 1.54) is 18.2 Å². The third-order valence-corrected chi connectivity index (χ3v) is 6.83. The van der Waals surface area contributed by atoms with Crippen molar-refractivity contribution in [2.75, 3.05) is 6.54 Å². The Kier molecular flexibility index (Phi) is 9.49. The van der Waals surface area contributed by atoms with E-state index in [2.05, 4.69) is 15.6 Å². The molecule has 2 heterocycles. The second-order valence-electron chi connectivity index (χ2n) is 9.67. The fourth-order valence-electron chi connectivity index (χ4n) is 4.75. The predicted molar refractivity (Wildman–Crippen MR) is 143 cm³/mol. The molecule has 2 atom stereocenters. The first-order valence-electron chi connectivity index (χ1n) is 13.1. The molecule has 1 saturated heterocycles. The summed E-state index contributed by atoms with van der Waals surface area (Å²) in [6, 6.07) is 16.6. The van der Waals surface area contributed by atoms with Gasteiger partial charge in [0.15, 0.2) is 0 Å². The molecule has 0 spiro atoms. The van der Waals surface area contributed by atoms with Crippen molar-refractivity contribution in [2.45, 2.75) is 50.5 Å². The summed E-state index contributed by atoms with van der Waals surface area (Å²) in [7, 11) is 0. The van der Waals surface area contributed by atoms with Crippen molar-refractivity contribution >= 4 is 23.5 Å². The molecule has 0 radical (unpaired) electrons. The molecule has 8 nitrogen and oxygen atoms in total. The summed E-state index contributed by atoms with van der Waals surface area (Å²) >= 11 is 0. The molecule has 1 aliphatic heterocycles. The Balaban J connectivity index is 1.48. The molecular weight excluding hydrogens is 537 g/mol. The lowest BCUT2D eigenvalue weighted by Crippen LogP contribution is -2.53. The van der Waals surface area contributed by atoms with Crippen LogP contribution in [0.25, 0.3) is 0 Å². The number of carbonyl (C=O) groups is 4. The standard InChI is InChI=1S/C30H29F3N4O4/c31-30(32,33)23-12-5-4-10-21(23)19-37-25(13-14-26(37)38)28(40)36-24(18-20-8-2-1-3-9-20)27(39)29(41)35-17-15-22-11-6-7-16-34-22/h1-12,16,24-25H,13-15,17-19H2,(H,35,41)(H,36,40). The Morgan fingerprint density at radius 3 is 2.39 bits per heavy atom. The summed E-state index contributed by atoms with van der Waals surface area (Å²) in [6.07, 6.45) is -2.57. The van der Waals surface area contributed by atoms with Crippen LogP contribution >= 0.6 is 0 Å². The van der Waals surface area contributed by atoms with Crippen molar-refractivity contribution in [1.82, 2.24) is 20.5 Å². The Morgan fingerprint density at radius 1 is 0.976 bits per heavy atom. The fraction of sp³-hybridized carbons (Fsp3) is 0.300. The predicted octanol–water partition coefficient (Wildman–Crippen LogP) is 3.25. The third kappa shape index (κ3) is 7.77. The molecule has 0 saturated carbocycles. The smallest absolute Gasteiger partial charge is 0.349 e. The van der Waals surface area contributed by atoms with Gasteiger partial charge in [0.1, 0.15) is 12.1 Å². The van der Waals surface area contributed by atoms with Crippen LogP contribution in [0.1, 0.15) is 35.2 Å². The number of nitrogens with zero attached hydrogens (tertiary/aromatic N) is 2. The lowest BCUT2D eigenvalue weighted by Gasteiger charge is -2.27. The molecule has 2 aromatic carbocycles. The number of aromatic nitrogens is 1. The Labute approximate surface area is 235 Å². The molecule has 11 heteroatoms. The molecule has 4 rings (SSSR count). The Morgan fingerprint density at radius 2 is 1.68 bits per heavy atom. The van der Waals surface area contributed by atoms with Gasteiger partial charge >= 0.3 is 6.18 Å². The lowest BCUT2D eigenvalue weighted by atomic mass is 10.0. The normalized spacial score (nSPS) is 15.8. The molecule has 3 amide bonds. The first kappa shape index (κ1) is 29.4. The largest absolute Gasteiger partial charge is 0.416 e. The van der Waals surface area contributed by atoms with E-state index in [4.69, 9.17) is 0 Å². The number of benzene rings is 2. The molecule has 1 aromatic heterocycles. The molecule has 0 bridgehead atoms. The van der Waals surface area contributed by atoms with Gasteiger partial charge in [0.2, 0.25) is 17.6 Å². The molecule has 2 N–H and O–H groups in total. The number of nitrogens with one attached hydrogen (secondary N) is 2. The van der Waals surface area contributed by atoms with Crippen LogP contribution in [0.2, 0.25) is 0 Å². The van der Waals surface area contributed by atoms with Crippen LogP contribution in [0.5, 0.6) is 0 Å². The van der Waals surface area contributed by atoms with Gasteiger partial charge < -0.3 is 15.5 Å². The van der Waals surface area contributed by atoms with Gasteiger partial charge in [-0.25, -0.2) is 0 Å². The molecule has 2 unspecified atom stereocenters. The monoisotopic (exact) mass is 566 g/mol.